The SMILES string of the molecule is Cc1nn(CN2CCc3ccccc3C2)c(=O)c(C#N)c1C. The molecule has 0 fully saturated rings. The highest BCUT2D eigenvalue weighted by Gasteiger charge is 2.18. The standard InChI is InChI=1S/C17H18N4O/c1-12-13(2)19-21(17(22)16(12)9-18)11-20-8-7-14-5-3-4-6-15(14)10-20/h3-6H,7-8,10-11H2,1-2H3. The summed E-state index contributed by atoms with van der Waals surface area (Å²) in [5, 5.41) is 13.5. The summed E-state index contributed by atoms with van der Waals surface area (Å²) in [5.74, 6) is 0. The molecule has 1 aromatic heterocycles. The minimum absolute atomic E-state index is 0.199. The third-order valence-electron chi connectivity index (χ3n) is 4.29. The quantitative estimate of drug-likeness (QED) is 0.846. The molecule has 3 rings (SSSR count). The first kappa shape index (κ1) is 14.5. The van der Waals surface area contributed by atoms with Crippen LogP contribution in [0.5, 0.6) is 0 Å². The maximum absolute atomic E-state index is 12.3. The third kappa shape index (κ3) is 2.53. The summed E-state index contributed by atoms with van der Waals surface area (Å²) >= 11 is 0. The molecule has 5 heteroatoms. The van der Waals surface area contributed by atoms with Crippen LogP contribution >= 0.6 is 0 Å². The van der Waals surface area contributed by atoms with E-state index in [1.165, 1.54) is 15.8 Å². The van der Waals surface area contributed by atoms with Crippen LogP contribution in [0.1, 0.15) is 27.9 Å². The minimum atomic E-state index is -0.301. The fourth-order valence-electron chi connectivity index (χ4n) is 2.86. The smallest absolute Gasteiger partial charge is 0.280 e. The summed E-state index contributed by atoms with van der Waals surface area (Å²) in [4.78, 5) is 14.5. The van der Waals surface area contributed by atoms with Crippen molar-refractivity contribution in [2.45, 2.75) is 33.5 Å². The molecular weight excluding hydrogens is 276 g/mol. The van der Waals surface area contributed by atoms with Gasteiger partial charge in [-0.3, -0.25) is 9.69 Å². The Bertz CT molecular complexity index is 816. The van der Waals surface area contributed by atoms with Crippen molar-refractivity contribution in [3.05, 3.63) is 62.6 Å². The van der Waals surface area contributed by atoms with Crippen LogP contribution < -0.4 is 5.56 Å². The summed E-state index contributed by atoms with van der Waals surface area (Å²) in [6, 6.07) is 10.4. The van der Waals surface area contributed by atoms with Crippen molar-refractivity contribution in [3.8, 4) is 6.07 Å². The molecule has 1 aliphatic rings. The Morgan fingerprint density at radius 3 is 2.73 bits per heavy atom. The van der Waals surface area contributed by atoms with E-state index in [1.807, 2.05) is 19.1 Å². The molecule has 112 valence electrons. The van der Waals surface area contributed by atoms with E-state index in [9.17, 15) is 10.1 Å². The van der Waals surface area contributed by atoms with Gasteiger partial charge < -0.3 is 0 Å². The predicted molar refractivity (Wildman–Crippen MR) is 83.2 cm³/mol. The van der Waals surface area contributed by atoms with E-state index in [0.29, 0.717) is 12.2 Å². The third-order valence-corrected chi connectivity index (χ3v) is 4.29. The minimum Gasteiger partial charge on any atom is -0.280 e. The van der Waals surface area contributed by atoms with Crippen LogP contribution in [0.3, 0.4) is 0 Å². The lowest BCUT2D eigenvalue weighted by Crippen LogP contribution is -2.38. The highest BCUT2D eigenvalue weighted by molar-refractivity contribution is 5.36. The van der Waals surface area contributed by atoms with Crippen LogP contribution in [-0.4, -0.2) is 21.2 Å². The maximum atomic E-state index is 12.3. The number of aromatic nitrogens is 2. The van der Waals surface area contributed by atoms with Crippen LogP contribution in [0.4, 0.5) is 0 Å². The molecule has 0 saturated heterocycles. The largest absolute Gasteiger partial charge is 0.286 e. The van der Waals surface area contributed by atoms with E-state index in [-0.39, 0.29) is 11.1 Å². The maximum Gasteiger partial charge on any atom is 0.286 e. The highest BCUT2D eigenvalue weighted by Crippen LogP contribution is 2.18. The summed E-state index contributed by atoms with van der Waals surface area (Å²) in [5.41, 5.74) is 3.97. The average Bonchev–Trinajstić information content (AvgIpc) is 2.53. The molecule has 22 heavy (non-hydrogen) atoms. The topological polar surface area (TPSA) is 61.9 Å². The van der Waals surface area contributed by atoms with E-state index in [1.54, 1.807) is 6.92 Å². The molecule has 0 N–H and O–H groups in total. The number of nitrogens with zero attached hydrogens (tertiary/aromatic N) is 4. The number of rotatable bonds is 2. The lowest BCUT2D eigenvalue weighted by Gasteiger charge is -2.28. The van der Waals surface area contributed by atoms with E-state index in [0.717, 1.165) is 25.2 Å². The zero-order valence-electron chi connectivity index (χ0n) is 12.8. The second-order valence-electron chi connectivity index (χ2n) is 5.71. The van der Waals surface area contributed by atoms with Crippen molar-refractivity contribution in [2.75, 3.05) is 6.54 Å². The lowest BCUT2D eigenvalue weighted by molar-refractivity contribution is 0.184. The molecule has 0 atom stereocenters. The molecule has 0 bridgehead atoms. The fraction of sp³-hybridized carbons (Fsp3) is 0.353. The zero-order chi connectivity index (χ0) is 15.7. The number of nitriles is 1. The Morgan fingerprint density at radius 2 is 2.00 bits per heavy atom. The van der Waals surface area contributed by atoms with Crippen molar-refractivity contribution in [3.63, 3.8) is 0 Å². The first-order valence-electron chi connectivity index (χ1n) is 7.37. The van der Waals surface area contributed by atoms with Crippen molar-refractivity contribution in [2.24, 2.45) is 0 Å². The van der Waals surface area contributed by atoms with Gasteiger partial charge in [-0.15, -0.1) is 0 Å². The summed E-state index contributed by atoms with van der Waals surface area (Å²) in [6.07, 6.45) is 0.973. The van der Waals surface area contributed by atoms with Gasteiger partial charge in [0.15, 0.2) is 0 Å². The number of hydrogen-bond acceptors (Lipinski definition) is 4. The van der Waals surface area contributed by atoms with E-state index in [4.69, 9.17) is 0 Å². The van der Waals surface area contributed by atoms with Gasteiger partial charge in [0.1, 0.15) is 11.6 Å². The summed E-state index contributed by atoms with van der Waals surface area (Å²) < 4.78 is 1.41. The van der Waals surface area contributed by atoms with E-state index in [2.05, 4.69) is 28.2 Å². The Balaban J connectivity index is 1.88. The summed E-state index contributed by atoms with van der Waals surface area (Å²) in [6.45, 7) is 5.71. The van der Waals surface area contributed by atoms with Gasteiger partial charge in [-0.1, -0.05) is 24.3 Å². The predicted octanol–water partition coefficient (Wildman–Crippen LogP) is 1.75. The average molecular weight is 294 g/mol. The van der Waals surface area contributed by atoms with E-state index < -0.39 is 0 Å². The summed E-state index contributed by atoms with van der Waals surface area (Å²) in [7, 11) is 0. The molecule has 0 aliphatic carbocycles. The number of aryl methyl sites for hydroxylation is 1. The van der Waals surface area contributed by atoms with Gasteiger partial charge >= 0.3 is 0 Å². The molecule has 0 unspecified atom stereocenters. The van der Waals surface area contributed by atoms with Gasteiger partial charge in [0.25, 0.3) is 5.56 Å². The van der Waals surface area contributed by atoms with Gasteiger partial charge in [-0.2, -0.15) is 10.4 Å². The van der Waals surface area contributed by atoms with Crippen LogP contribution in [0, 0.1) is 25.2 Å². The Morgan fingerprint density at radius 1 is 1.27 bits per heavy atom. The Kier molecular flexibility index (Phi) is 3.78. The van der Waals surface area contributed by atoms with Crippen LogP contribution in [-0.2, 0) is 19.6 Å². The van der Waals surface area contributed by atoms with Gasteiger partial charge in [-0.25, -0.2) is 4.68 Å². The van der Waals surface area contributed by atoms with Crippen molar-refractivity contribution in [1.82, 2.24) is 14.7 Å². The van der Waals surface area contributed by atoms with Crippen molar-refractivity contribution in [1.29, 1.82) is 5.26 Å². The van der Waals surface area contributed by atoms with Crippen LogP contribution in [0.2, 0.25) is 0 Å². The lowest BCUT2D eigenvalue weighted by atomic mass is 10.0. The molecule has 5 nitrogen and oxygen atoms in total. The normalized spacial score (nSPS) is 14.4. The second-order valence-corrected chi connectivity index (χ2v) is 5.71. The fourth-order valence-corrected chi connectivity index (χ4v) is 2.86. The Hall–Kier alpha value is -2.45. The highest BCUT2D eigenvalue weighted by atomic mass is 16.1. The second kappa shape index (κ2) is 5.74. The first-order valence-corrected chi connectivity index (χ1v) is 7.37. The van der Waals surface area contributed by atoms with E-state index >= 15 is 0 Å². The van der Waals surface area contributed by atoms with Crippen molar-refractivity contribution >= 4 is 0 Å². The molecular formula is C17H18N4O. The molecule has 0 amide bonds. The van der Waals surface area contributed by atoms with Gasteiger partial charge in [-0.05, 0) is 37.0 Å². The number of fused-ring (bicyclic) bond motifs is 1. The zero-order valence-corrected chi connectivity index (χ0v) is 12.8. The first-order chi connectivity index (χ1) is 10.6. The van der Waals surface area contributed by atoms with Crippen LogP contribution in [0.25, 0.3) is 0 Å². The number of hydrogen-bond donors (Lipinski definition) is 0. The number of benzene rings is 1. The van der Waals surface area contributed by atoms with Gasteiger partial charge in [0.05, 0.1) is 12.4 Å². The van der Waals surface area contributed by atoms with Gasteiger partial charge in [0.2, 0.25) is 0 Å². The molecule has 0 saturated carbocycles. The molecule has 2 heterocycles. The Labute approximate surface area is 129 Å². The van der Waals surface area contributed by atoms with Crippen LogP contribution in [0.15, 0.2) is 29.1 Å². The molecule has 1 aliphatic heterocycles. The molecule has 1 aromatic carbocycles. The molecule has 2 aromatic rings. The molecule has 0 spiro atoms. The monoisotopic (exact) mass is 294 g/mol. The molecule has 0 radical (unpaired) electrons. The van der Waals surface area contributed by atoms with Gasteiger partial charge in [0, 0.05) is 13.1 Å². The van der Waals surface area contributed by atoms with Crippen molar-refractivity contribution < 1.29 is 0 Å².